The van der Waals surface area contributed by atoms with Gasteiger partial charge in [-0.1, -0.05) is 55.5 Å². The molecule has 0 saturated heterocycles. The van der Waals surface area contributed by atoms with Crippen molar-refractivity contribution in [2.24, 2.45) is 5.92 Å². The number of pyridine rings is 2. The second-order valence-electron chi connectivity index (χ2n) is 8.57. The third-order valence-electron chi connectivity index (χ3n) is 5.43. The average Bonchev–Trinajstić information content (AvgIpc) is 3.25. The molecule has 2 N–H and O–H groups in total. The highest BCUT2D eigenvalue weighted by Crippen LogP contribution is 2.37. The van der Waals surface area contributed by atoms with Crippen LogP contribution in [-0.4, -0.2) is 26.0 Å². The van der Waals surface area contributed by atoms with E-state index in [1.54, 1.807) is 6.20 Å². The predicted molar refractivity (Wildman–Crippen MR) is 133 cm³/mol. The van der Waals surface area contributed by atoms with Crippen LogP contribution in [0.1, 0.15) is 41.9 Å². The topological polar surface area (TPSA) is 88.0 Å². The lowest BCUT2D eigenvalue weighted by Crippen LogP contribution is -2.11. The number of hydrogen-bond acceptors (Lipinski definition) is 6. The number of nitrogens with one attached hydrogen (secondary N) is 1. The number of nitrogens with zero attached hydrogens (tertiary/aromatic N) is 3. The van der Waals surface area contributed by atoms with Gasteiger partial charge in [-0.15, -0.1) is 0 Å². The summed E-state index contributed by atoms with van der Waals surface area (Å²) in [6.45, 7) is 4.22. The Morgan fingerprint density at radius 1 is 1.08 bits per heavy atom. The van der Waals surface area contributed by atoms with Crippen molar-refractivity contribution in [1.82, 2.24) is 15.0 Å². The summed E-state index contributed by atoms with van der Waals surface area (Å²) in [5.74, 6) is -1.27. The molecule has 1 aromatic carbocycles. The number of aryl methyl sites for hydroxylation is 1. The molecule has 4 aromatic rings. The van der Waals surface area contributed by atoms with Crippen molar-refractivity contribution >= 4 is 28.3 Å². The molecule has 0 radical (unpaired) electrons. The highest BCUT2D eigenvalue weighted by molar-refractivity contribution is 7.19. The Bertz CT molecular complexity index is 1350. The molecular formula is C26H23F3N4O2S. The maximum Gasteiger partial charge on any atom is 0.417 e. The normalized spacial score (nSPS) is 11.6. The number of aromatic nitrogens is 3. The molecule has 0 aliphatic rings. The maximum absolute atomic E-state index is 13.1. The van der Waals surface area contributed by atoms with Crippen LogP contribution in [0.2, 0.25) is 0 Å². The molecule has 186 valence electrons. The van der Waals surface area contributed by atoms with Gasteiger partial charge in [-0.2, -0.15) is 13.2 Å². The average molecular weight is 513 g/mol. The Balaban J connectivity index is 1.68. The lowest BCUT2D eigenvalue weighted by molar-refractivity contribution is -0.137. The van der Waals surface area contributed by atoms with Crippen LogP contribution in [0.3, 0.4) is 0 Å². The van der Waals surface area contributed by atoms with Crippen molar-refractivity contribution in [2.75, 3.05) is 5.32 Å². The fraction of sp³-hybridized carbons (Fsp3) is 0.231. The lowest BCUT2D eigenvalue weighted by atomic mass is 10.0. The number of carbonyl (C=O) groups is 1. The first-order valence-electron chi connectivity index (χ1n) is 11.2. The number of thiazole rings is 1. The van der Waals surface area contributed by atoms with E-state index in [-0.39, 0.29) is 5.82 Å². The summed E-state index contributed by atoms with van der Waals surface area (Å²) < 4.78 is 39.2. The monoisotopic (exact) mass is 512 g/mol. The van der Waals surface area contributed by atoms with Crippen LogP contribution < -0.4 is 5.32 Å². The number of anilines is 2. The first kappa shape index (κ1) is 25.3. The van der Waals surface area contributed by atoms with E-state index in [9.17, 15) is 23.1 Å². The van der Waals surface area contributed by atoms with E-state index in [4.69, 9.17) is 0 Å². The maximum atomic E-state index is 13.1. The van der Waals surface area contributed by atoms with E-state index in [1.807, 2.05) is 42.5 Å². The summed E-state index contributed by atoms with van der Waals surface area (Å²) in [4.78, 5) is 25.3. The van der Waals surface area contributed by atoms with Crippen LogP contribution in [-0.2, 0) is 12.6 Å². The predicted octanol–water partition coefficient (Wildman–Crippen LogP) is 7.32. The molecule has 0 saturated carbocycles. The van der Waals surface area contributed by atoms with Gasteiger partial charge in [-0.25, -0.2) is 14.8 Å². The van der Waals surface area contributed by atoms with Crippen LogP contribution in [0.15, 0.2) is 60.9 Å². The van der Waals surface area contributed by atoms with Gasteiger partial charge in [0.15, 0.2) is 5.13 Å². The molecule has 0 aliphatic carbocycles. The first-order valence-corrected chi connectivity index (χ1v) is 12.0. The molecule has 0 spiro atoms. The Labute approximate surface area is 209 Å². The molecule has 0 aliphatic heterocycles. The van der Waals surface area contributed by atoms with Gasteiger partial charge < -0.3 is 10.4 Å². The van der Waals surface area contributed by atoms with Gasteiger partial charge in [-0.3, -0.25) is 4.98 Å². The standard InChI is InChI=1S/C26H23F3N4O2S/c1-15(2)6-11-21-22(17-9-7-16(8-10-17)20-5-3-4-12-30-20)36-25(32-21)33-23-19(24(34)35)13-18(14-31-23)26(27,28)29/h3-5,7-10,12-15H,6,11H2,1-2H3,(H,34,35)(H,31,32,33). The largest absolute Gasteiger partial charge is 0.478 e. The summed E-state index contributed by atoms with van der Waals surface area (Å²) in [7, 11) is 0. The van der Waals surface area contributed by atoms with Gasteiger partial charge in [0.2, 0.25) is 0 Å². The third-order valence-corrected chi connectivity index (χ3v) is 6.50. The Morgan fingerprint density at radius 3 is 2.42 bits per heavy atom. The molecule has 10 heteroatoms. The Kier molecular flexibility index (Phi) is 7.35. The molecule has 36 heavy (non-hydrogen) atoms. The molecule has 0 atom stereocenters. The van der Waals surface area contributed by atoms with Gasteiger partial charge in [0, 0.05) is 18.0 Å². The van der Waals surface area contributed by atoms with Crippen molar-refractivity contribution < 1.29 is 23.1 Å². The summed E-state index contributed by atoms with van der Waals surface area (Å²) in [5, 5.41) is 12.6. The van der Waals surface area contributed by atoms with Gasteiger partial charge in [0.1, 0.15) is 11.4 Å². The van der Waals surface area contributed by atoms with E-state index >= 15 is 0 Å². The van der Waals surface area contributed by atoms with Crippen LogP contribution in [0.5, 0.6) is 0 Å². The summed E-state index contributed by atoms with van der Waals surface area (Å²) in [5.41, 5.74) is 1.86. The number of hydrogen-bond donors (Lipinski definition) is 2. The van der Waals surface area contributed by atoms with Gasteiger partial charge in [0.25, 0.3) is 0 Å². The smallest absolute Gasteiger partial charge is 0.417 e. The zero-order valence-electron chi connectivity index (χ0n) is 19.5. The molecule has 0 amide bonds. The zero-order chi connectivity index (χ0) is 25.9. The number of alkyl halides is 3. The van der Waals surface area contributed by atoms with Gasteiger partial charge >= 0.3 is 12.1 Å². The minimum absolute atomic E-state index is 0.197. The lowest BCUT2D eigenvalue weighted by Gasteiger charge is -2.10. The van der Waals surface area contributed by atoms with Crippen LogP contribution in [0.4, 0.5) is 24.1 Å². The number of halogens is 3. The van der Waals surface area contributed by atoms with Crippen molar-refractivity contribution in [3.63, 3.8) is 0 Å². The highest BCUT2D eigenvalue weighted by Gasteiger charge is 2.32. The fourth-order valence-electron chi connectivity index (χ4n) is 3.54. The van der Waals surface area contributed by atoms with E-state index in [0.717, 1.165) is 33.8 Å². The van der Waals surface area contributed by atoms with E-state index < -0.39 is 23.3 Å². The van der Waals surface area contributed by atoms with Crippen LogP contribution in [0, 0.1) is 5.92 Å². The first-order chi connectivity index (χ1) is 17.1. The zero-order valence-corrected chi connectivity index (χ0v) is 20.3. The summed E-state index contributed by atoms with van der Waals surface area (Å²) in [6.07, 6.45) is -0.773. The van der Waals surface area contributed by atoms with Gasteiger partial charge in [-0.05, 0) is 42.5 Å². The Hall–Kier alpha value is -3.79. The number of rotatable bonds is 8. The van der Waals surface area contributed by atoms with E-state index in [2.05, 4.69) is 34.1 Å². The second-order valence-corrected chi connectivity index (χ2v) is 9.57. The molecule has 6 nitrogen and oxygen atoms in total. The number of carboxylic acids is 1. The minimum atomic E-state index is -4.70. The van der Waals surface area contributed by atoms with Crippen LogP contribution in [0.25, 0.3) is 21.7 Å². The molecule has 0 unspecified atom stereocenters. The fourth-order valence-corrected chi connectivity index (χ4v) is 4.55. The van der Waals surface area contributed by atoms with Crippen molar-refractivity contribution in [3.8, 4) is 21.7 Å². The molecule has 0 bridgehead atoms. The quantitative estimate of drug-likeness (QED) is 0.257. The van der Waals surface area contributed by atoms with Crippen LogP contribution >= 0.6 is 11.3 Å². The third kappa shape index (κ3) is 5.88. The summed E-state index contributed by atoms with van der Waals surface area (Å²) in [6, 6.07) is 14.1. The number of benzene rings is 1. The molecule has 3 heterocycles. The molecule has 3 aromatic heterocycles. The second kappa shape index (κ2) is 10.4. The highest BCUT2D eigenvalue weighted by atomic mass is 32.1. The number of aromatic carboxylic acids is 1. The van der Waals surface area contributed by atoms with E-state index in [1.165, 1.54) is 11.3 Å². The van der Waals surface area contributed by atoms with Crippen molar-refractivity contribution in [3.05, 3.63) is 77.7 Å². The molecule has 4 rings (SSSR count). The van der Waals surface area contributed by atoms with E-state index in [0.29, 0.717) is 29.7 Å². The van der Waals surface area contributed by atoms with Crippen molar-refractivity contribution in [2.45, 2.75) is 32.9 Å². The minimum Gasteiger partial charge on any atom is -0.478 e. The number of carboxylic acid groups (broad SMARTS) is 1. The molecular weight excluding hydrogens is 489 g/mol. The SMILES string of the molecule is CC(C)CCc1nc(Nc2ncc(C(F)(F)F)cc2C(=O)O)sc1-c1ccc(-c2ccccn2)cc1. The van der Waals surface area contributed by atoms with Crippen molar-refractivity contribution in [1.29, 1.82) is 0 Å². The summed E-state index contributed by atoms with van der Waals surface area (Å²) >= 11 is 1.30. The van der Waals surface area contributed by atoms with Gasteiger partial charge in [0.05, 0.1) is 21.8 Å². The Morgan fingerprint density at radius 2 is 1.81 bits per heavy atom. The molecule has 0 fully saturated rings.